The van der Waals surface area contributed by atoms with Crippen LogP contribution in [0.25, 0.3) is 0 Å². The smallest absolute Gasteiger partial charge is 0.293 e. The fraction of sp³-hybridized carbons (Fsp3) is 0.222. The molecule has 0 saturated carbocycles. The molecular weight excluding hydrogens is 382 g/mol. The van der Waals surface area contributed by atoms with Gasteiger partial charge in [-0.3, -0.25) is 25.0 Å². The molecule has 1 saturated heterocycles. The highest BCUT2D eigenvalue weighted by atomic mass is 16.6. The van der Waals surface area contributed by atoms with Crippen molar-refractivity contribution in [1.29, 1.82) is 0 Å². The van der Waals surface area contributed by atoms with E-state index < -0.39 is 15.8 Å². The molecule has 1 N–H and O–H groups in total. The molecule has 3 rings (SSSR count). The van der Waals surface area contributed by atoms with E-state index in [4.69, 9.17) is 4.74 Å². The summed E-state index contributed by atoms with van der Waals surface area (Å²) >= 11 is 0. The molecule has 0 aromatic heterocycles. The average molecular weight is 399 g/mol. The van der Waals surface area contributed by atoms with Gasteiger partial charge in [0, 0.05) is 30.8 Å². The summed E-state index contributed by atoms with van der Waals surface area (Å²) in [5.74, 6) is -0.756. The maximum absolute atomic E-state index is 12.1. The summed E-state index contributed by atoms with van der Waals surface area (Å²) in [5.41, 5.74) is 2.52. The number of nitrogens with one attached hydrogen (secondary N) is 1. The third-order valence-corrected chi connectivity index (χ3v) is 4.27. The molecule has 0 aliphatic carbocycles. The monoisotopic (exact) mass is 399 g/mol. The molecule has 1 aliphatic rings. The van der Waals surface area contributed by atoms with E-state index in [2.05, 4.69) is 10.5 Å². The molecule has 0 bridgehead atoms. The first-order chi connectivity index (χ1) is 14.0. The van der Waals surface area contributed by atoms with Crippen LogP contribution in [0.3, 0.4) is 0 Å². The third-order valence-electron chi connectivity index (χ3n) is 4.27. The molecule has 0 radical (unpaired) electrons. The van der Waals surface area contributed by atoms with Gasteiger partial charge in [-0.2, -0.15) is 5.10 Å². The van der Waals surface area contributed by atoms with Crippen LogP contribution >= 0.6 is 0 Å². The van der Waals surface area contributed by atoms with Crippen molar-refractivity contribution < 1.29 is 19.4 Å². The summed E-state index contributed by atoms with van der Waals surface area (Å²) in [6, 6.07) is 10.1. The first-order valence-corrected chi connectivity index (χ1v) is 8.65. The number of anilines is 1. The summed E-state index contributed by atoms with van der Waals surface area (Å²) in [6.07, 6.45) is 1.24. The Hall–Kier alpha value is -3.86. The SMILES string of the molecule is O=C(N/N=C\c1ccc(N2CCOCC2)c([N+](=O)[O-])c1)c1ccccc1[N+](=O)[O-]. The Kier molecular flexibility index (Phi) is 6.09. The maximum Gasteiger partial charge on any atom is 0.293 e. The Morgan fingerprint density at radius 1 is 1.07 bits per heavy atom. The van der Waals surface area contributed by atoms with Crippen LogP contribution in [-0.4, -0.2) is 48.3 Å². The first-order valence-electron chi connectivity index (χ1n) is 8.65. The number of rotatable bonds is 6. The third kappa shape index (κ3) is 4.71. The number of hydrazone groups is 1. The molecule has 11 heteroatoms. The molecule has 1 fully saturated rings. The lowest BCUT2D eigenvalue weighted by atomic mass is 10.1. The lowest BCUT2D eigenvalue weighted by molar-refractivity contribution is -0.385. The molecule has 0 unspecified atom stereocenters. The minimum Gasteiger partial charge on any atom is -0.378 e. The number of morpholine rings is 1. The highest BCUT2D eigenvalue weighted by molar-refractivity contribution is 5.98. The van der Waals surface area contributed by atoms with Gasteiger partial charge < -0.3 is 9.64 Å². The molecule has 1 aliphatic heterocycles. The number of nitrogens with zero attached hydrogens (tertiary/aromatic N) is 4. The number of hydrogen-bond donors (Lipinski definition) is 1. The van der Waals surface area contributed by atoms with E-state index in [1.165, 1.54) is 36.5 Å². The zero-order valence-corrected chi connectivity index (χ0v) is 15.2. The van der Waals surface area contributed by atoms with E-state index in [0.29, 0.717) is 37.6 Å². The summed E-state index contributed by atoms with van der Waals surface area (Å²) < 4.78 is 5.27. The number of amides is 1. The van der Waals surface area contributed by atoms with Crippen molar-refractivity contribution in [3.63, 3.8) is 0 Å². The van der Waals surface area contributed by atoms with Gasteiger partial charge in [0.25, 0.3) is 17.3 Å². The maximum atomic E-state index is 12.1. The fourth-order valence-corrected chi connectivity index (χ4v) is 2.89. The highest BCUT2D eigenvalue weighted by Crippen LogP contribution is 2.29. The van der Waals surface area contributed by atoms with Crippen LogP contribution in [0, 0.1) is 20.2 Å². The fourth-order valence-electron chi connectivity index (χ4n) is 2.89. The quantitative estimate of drug-likeness (QED) is 0.445. The molecule has 2 aromatic carbocycles. The van der Waals surface area contributed by atoms with Crippen LogP contribution in [-0.2, 0) is 4.74 Å². The Labute approximate surface area is 164 Å². The van der Waals surface area contributed by atoms with Gasteiger partial charge in [-0.1, -0.05) is 18.2 Å². The molecule has 150 valence electrons. The topological polar surface area (TPSA) is 140 Å². The molecule has 29 heavy (non-hydrogen) atoms. The minimum absolute atomic E-state index is 0.0825. The van der Waals surface area contributed by atoms with E-state index in [1.807, 2.05) is 4.90 Å². The van der Waals surface area contributed by atoms with E-state index in [-0.39, 0.29) is 16.9 Å². The Bertz CT molecular complexity index is 971. The average Bonchev–Trinajstić information content (AvgIpc) is 2.74. The number of benzene rings is 2. The summed E-state index contributed by atoms with van der Waals surface area (Å²) in [5, 5.41) is 26.2. The number of ether oxygens (including phenoxy) is 1. The highest BCUT2D eigenvalue weighted by Gasteiger charge is 2.22. The minimum atomic E-state index is -0.756. The lowest BCUT2D eigenvalue weighted by Gasteiger charge is -2.28. The Morgan fingerprint density at radius 3 is 2.45 bits per heavy atom. The standard InChI is InChI=1S/C18H17N5O6/c24-18(14-3-1-2-4-15(14)22(25)26)20-19-12-13-5-6-16(17(11-13)23(27)28)21-7-9-29-10-8-21/h1-6,11-12H,7-10H2,(H,20,24)/b19-12-. The van der Waals surface area contributed by atoms with Crippen molar-refractivity contribution in [1.82, 2.24) is 5.43 Å². The van der Waals surface area contributed by atoms with Crippen molar-refractivity contribution in [3.8, 4) is 0 Å². The van der Waals surface area contributed by atoms with E-state index in [0.717, 1.165) is 0 Å². The largest absolute Gasteiger partial charge is 0.378 e. The predicted octanol–water partition coefficient (Wildman–Crippen LogP) is 2.10. The van der Waals surface area contributed by atoms with Crippen LogP contribution in [0.5, 0.6) is 0 Å². The number of nitro benzene ring substituents is 2. The summed E-state index contributed by atoms with van der Waals surface area (Å²) in [7, 11) is 0. The van der Waals surface area contributed by atoms with Crippen LogP contribution in [0.15, 0.2) is 47.6 Å². The second kappa shape index (κ2) is 8.89. The summed E-state index contributed by atoms with van der Waals surface area (Å²) in [6.45, 7) is 2.11. The van der Waals surface area contributed by atoms with Gasteiger partial charge >= 0.3 is 0 Å². The van der Waals surface area contributed by atoms with Gasteiger partial charge in [0.1, 0.15) is 11.3 Å². The normalized spacial score (nSPS) is 14.0. The second-order valence-corrected chi connectivity index (χ2v) is 6.08. The first kappa shape index (κ1) is 19.9. The van der Waals surface area contributed by atoms with Crippen molar-refractivity contribution in [2.24, 2.45) is 5.10 Å². The van der Waals surface area contributed by atoms with Crippen molar-refractivity contribution in [3.05, 3.63) is 73.8 Å². The van der Waals surface area contributed by atoms with Crippen molar-refractivity contribution in [2.75, 3.05) is 31.2 Å². The van der Waals surface area contributed by atoms with E-state index >= 15 is 0 Å². The van der Waals surface area contributed by atoms with E-state index in [9.17, 15) is 25.0 Å². The van der Waals surface area contributed by atoms with Crippen LogP contribution < -0.4 is 10.3 Å². The number of hydrogen-bond acceptors (Lipinski definition) is 8. The van der Waals surface area contributed by atoms with Crippen LogP contribution in [0.4, 0.5) is 17.1 Å². The van der Waals surface area contributed by atoms with Gasteiger partial charge in [-0.15, -0.1) is 0 Å². The number of carbonyl (C=O) groups excluding carboxylic acids is 1. The summed E-state index contributed by atoms with van der Waals surface area (Å²) in [4.78, 5) is 35.3. The van der Waals surface area contributed by atoms with Crippen LogP contribution in [0.2, 0.25) is 0 Å². The zero-order chi connectivity index (χ0) is 20.8. The Balaban J connectivity index is 1.75. The molecule has 0 spiro atoms. The molecular formula is C18H17N5O6. The molecule has 1 heterocycles. The van der Waals surface area contributed by atoms with Crippen LogP contribution in [0.1, 0.15) is 15.9 Å². The second-order valence-electron chi connectivity index (χ2n) is 6.08. The zero-order valence-electron chi connectivity index (χ0n) is 15.2. The Morgan fingerprint density at radius 2 is 1.76 bits per heavy atom. The lowest BCUT2D eigenvalue weighted by Crippen LogP contribution is -2.36. The number of nitro groups is 2. The van der Waals surface area contributed by atoms with Crippen molar-refractivity contribution in [2.45, 2.75) is 0 Å². The number of para-hydroxylation sites is 1. The van der Waals surface area contributed by atoms with Gasteiger partial charge in [0.05, 0.1) is 29.3 Å². The van der Waals surface area contributed by atoms with Gasteiger partial charge in [0.2, 0.25) is 0 Å². The molecule has 11 nitrogen and oxygen atoms in total. The predicted molar refractivity (Wildman–Crippen MR) is 104 cm³/mol. The van der Waals surface area contributed by atoms with Crippen molar-refractivity contribution >= 4 is 29.2 Å². The van der Waals surface area contributed by atoms with E-state index in [1.54, 1.807) is 12.1 Å². The van der Waals surface area contributed by atoms with Gasteiger partial charge in [0.15, 0.2) is 0 Å². The van der Waals surface area contributed by atoms with Gasteiger partial charge in [-0.25, -0.2) is 5.43 Å². The molecule has 0 atom stereocenters. The molecule has 1 amide bonds. The number of carbonyl (C=O) groups is 1. The molecule has 2 aromatic rings. The van der Waals surface area contributed by atoms with Gasteiger partial charge in [-0.05, 0) is 12.1 Å².